The standard InChI is InChI=1S/C35H43Cl2N5O3.C20H31Cl2N3O3.C7H7NO2.C7H9NO/c1-6-45-28-16-14-27(15-17-28)42-34(38-32-12-8-7-11-29(32)35(42)44)26(10-9-19-39(2)3)24-41(21-20-40(4)5)33(43)23-25-13-18-30(36)31(37)22-25;1-23(2)9-5-6-16(20(27)28)14-25(11-10-24(3)4)19(26)13-15-7-8-17(21)18(22)12-15;8-6-4-2-1-3-5(6)7(9)10;1-9-7-4-2-6(8)3-5-7/h7-8,11-18,22,26H,6,9-10,19-21,23-24H2,1-5H3;7-8,12,16H,5-6,9-11,13-14H2,1-4H3,(H,27,28);1-4H,8H2,(H,9,10);2-5H,8H2,1H3. The molecule has 0 aliphatic carbocycles. The predicted molar refractivity (Wildman–Crippen MR) is 374 cm³/mol. The van der Waals surface area contributed by atoms with Gasteiger partial charge in [-0.2, -0.15) is 0 Å². The molecule has 2 atom stereocenters. The third kappa shape index (κ3) is 26.6. The summed E-state index contributed by atoms with van der Waals surface area (Å²) in [7, 11) is 17.5. The molecule has 7 rings (SSSR count). The molecule has 0 aliphatic rings. The molecule has 92 heavy (non-hydrogen) atoms. The lowest BCUT2D eigenvalue weighted by atomic mass is 9.99. The Bertz CT molecular complexity index is 3500. The van der Waals surface area contributed by atoms with Crippen LogP contribution in [0.2, 0.25) is 20.1 Å². The van der Waals surface area contributed by atoms with Gasteiger partial charge in [-0.05, 0) is 210 Å². The number of para-hydroxylation sites is 2. The summed E-state index contributed by atoms with van der Waals surface area (Å²) in [6, 6.07) is 39.0. The van der Waals surface area contributed by atoms with E-state index in [1.165, 1.54) is 6.07 Å². The molecular formula is C69H90Cl4N10O9. The van der Waals surface area contributed by atoms with Crippen molar-refractivity contribution in [3.63, 3.8) is 0 Å². The van der Waals surface area contributed by atoms with Crippen LogP contribution in [0.3, 0.4) is 0 Å². The minimum absolute atomic E-state index is 0.0244. The van der Waals surface area contributed by atoms with Crippen LogP contribution in [0.5, 0.6) is 11.5 Å². The van der Waals surface area contributed by atoms with Gasteiger partial charge in [0.1, 0.15) is 17.3 Å². The number of likely N-dealkylation sites (N-methyl/N-ethyl adjacent to an activating group) is 2. The van der Waals surface area contributed by atoms with Crippen molar-refractivity contribution >= 4 is 92.4 Å². The van der Waals surface area contributed by atoms with Crippen molar-refractivity contribution in [2.75, 3.05) is 134 Å². The van der Waals surface area contributed by atoms with Gasteiger partial charge in [-0.15, -0.1) is 0 Å². The highest BCUT2D eigenvalue weighted by atomic mass is 35.5. The van der Waals surface area contributed by atoms with Crippen LogP contribution in [0, 0.1) is 5.92 Å². The average molecular weight is 1350 g/mol. The van der Waals surface area contributed by atoms with Crippen molar-refractivity contribution in [3.05, 3.63) is 186 Å². The van der Waals surface area contributed by atoms with E-state index in [2.05, 4.69) is 9.80 Å². The van der Waals surface area contributed by atoms with Crippen molar-refractivity contribution in [2.24, 2.45) is 5.92 Å². The maximum absolute atomic E-state index is 14.2. The third-order valence-corrected chi connectivity index (χ3v) is 15.9. The number of carboxylic acids is 2. The van der Waals surface area contributed by atoms with E-state index in [1.807, 2.05) is 145 Å². The number of amides is 2. The summed E-state index contributed by atoms with van der Waals surface area (Å²) < 4.78 is 12.3. The van der Waals surface area contributed by atoms with Crippen LogP contribution in [0.15, 0.2) is 138 Å². The number of halogens is 4. The molecule has 0 aliphatic heterocycles. The molecule has 7 aromatic rings. The Hall–Kier alpha value is -7.46. The fourth-order valence-corrected chi connectivity index (χ4v) is 10.1. The number of carbonyl (C=O) groups is 4. The van der Waals surface area contributed by atoms with Gasteiger partial charge in [0.15, 0.2) is 0 Å². The molecule has 2 unspecified atom stereocenters. The van der Waals surface area contributed by atoms with Crippen molar-refractivity contribution in [1.29, 1.82) is 0 Å². The highest BCUT2D eigenvalue weighted by Crippen LogP contribution is 2.29. The van der Waals surface area contributed by atoms with E-state index in [0.717, 1.165) is 60.7 Å². The largest absolute Gasteiger partial charge is 0.497 e. The summed E-state index contributed by atoms with van der Waals surface area (Å²) in [5, 5.41) is 20.4. The van der Waals surface area contributed by atoms with Crippen LogP contribution >= 0.6 is 46.4 Å². The highest BCUT2D eigenvalue weighted by molar-refractivity contribution is 6.42. The minimum Gasteiger partial charge on any atom is -0.497 e. The second-order valence-electron chi connectivity index (χ2n) is 23.0. The maximum atomic E-state index is 14.2. The number of ether oxygens (including phenoxy) is 2. The number of rotatable bonds is 29. The summed E-state index contributed by atoms with van der Waals surface area (Å²) in [6.45, 7) is 7.14. The fraction of sp³-hybridized carbons (Fsp3) is 0.391. The van der Waals surface area contributed by atoms with Crippen LogP contribution in [0.1, 0.15) is 65.8 Å². The van der Waals surface area contributed by atoms with Crippen molar-refractivity contribution < 1.29 is 38.9 Å². The number of aromatic carboxylic acids is 1. The highest BCUT2D eigenvalue weighted by Gasteiger charge is 2.28. The molecule has 19 nitrogen and oxygen atoms in total. The minimum atomic E-state index is -0.988. The third-order valence-electron chi connectivity index (χ3n) is 14.4. The number of nitrogens with zero attached hydrogens (tertiary/aromatic N) is 8. The topological polar surface area (TPSA) is 234 Å². The Morgan fingerprint density at radius 3 is 1.53 bits per heavy atom. The number of methoxy groups -OCH3 is 1. The van der Waals surface area contributed by atoms with Crippen molar-refractivity contribution in [2.45, 2.75) is 51.4 Å². The molecule has 0 saturated heterocycles. The average Bonchev–Trinajstić information content (AvgIpc) is 0.773. The van der Waals surface area contributed by atoms with Gasteiger partial charge in [-0.3, -0.25) is 23.7 Å². The first-order valence-electron chi connectivity index (χ1n) is 30.2. The summed E-state index contributed by atoms with van der Waals surface area (Å²) in [5.74, 6) is -0.580. The van der Waals surface area contributed by atoms with Gasteiger partial charge in [-0.1, -0.05) is 82.8 Å². The Kier molecular flexibility index (Phi) is 33.3. The van der Waals surface area contributed by atoms with Crippen LogP contribution in [0.4, 0.5) is 11.4 Å². The quantitative estimate of drug-likeness (QED) is 0.0319. The first-order chi connectivity index (χ1) is 43.7. The summed E-state index contributed by atoms with van der Waals surface area (Å²) in [6.07, 6.45) is 3.25. The fourth-order valence-electron chi connectivity index (χ4n) is 9.41. The number of aromatic nitrogens is 2. The molecule has 1 aromatic heterocycles. The van der Waals surface area contributed by atoms with Crippen LogP contribution in [0.25, 0.3) is 16.6 Å². The smallest absolute Gasteiger partial charge is 0.337 e. The number of hydrogen-bond acceptors (Lipinski definition) is 14. The molecule has 23 heteroatoms. The summed E-state index contributed by atoms with van der Waals surface area (Å²) >= 11 is 24.4. The Morgan fingerprint density at radius 2 is 1.07 bits per heavy atom. The molecule has 498 valence electrons. The number of fused-ring (bicyclic) bond motifs is 1. The van der Waals surface area contributed by atoms with Gasteiger partial charge >= 0.3 is 11.9 Å². The molecule has 2 amide bonds. The van der Waals surface area contributed by atoms with Gasteiger partial charge in [0, 0.05) is 56.6 Å². The first-order valence-corrected chi connectivity index (χ1v) is 31.7. The van der Waals surface area contributed by atoms with E-state index in [9.17, 15) is 29.1 Å². The number of hydrogen-bond donors (Lipinski definition) is 4. The maximum Gasteiger partial charge on any atom is 0.337 e. The van der Waals surface area contributed by atoms with Gasteiger partial charge in [-0.25, -0.2) is 9.78 Å². The lowest BCUT2D eigenvalue weighted by Gasteiger charge is -2.30. The van der Waals surface area contributed by atoms with E-state index >= 15 is 0 Å². The number of nitrogens with two attached hydrogens (primary N) is 2. The summed E-state index contributed by atoms with van der Waals surface area (Å²) in [5.41, 5.74) is 14.7. The number of anilines is 2. The van der Waals surface area contributed by atoms with Crippen LogP contribution < -0.4 is 26.5 Å². The van der Waals surface area contributed by atoms with Gasteiger partial charge in [0.2, 0.25) is 11.8 Å². The van der Waals surface area contributed by atoms with Gasteiger partial charge in [0.25, 0.3) is 5.56 Å². The Balaban J connectivity index is 0.000000321. The normalized spacial score (nSPS) is 11.6. The van der Waals surface area contributed by atoms with Crippen LogP contribution in [-0.2, 0) is 27.2 Å². The monoisotopic (exact) mass is 1340 g/mol. The number of benzene rings is 6. The molecule has 6 aromatic carbocycles. The zero-order chi connectivity index (χ0) is 68.0. The van der Waals surface area contributed by atoms with Gasteiger partial charge < -0.3 is 60.6 Å². The second kappa shape index (κ2) is 39.8. The number of carbonyl (C=O) groups excluding carboxylic acids is 2. The van der Waals surface area contributed by atoms with Crippen molar-refractivity contribution in [3.8, 4) is 17.2 Å². The lowest BCUT2D eigenvalue weighted by Crippen LogP contribution is -2.42. The van der Waals surface area contributed by atoms with Gasteiger partial charge in [0.05, 0.1) is 74.7 Å². The Labute approximate surface area is 561 Å². The number of nitrogen functional groups attached to an aromatic ring is 2. The predicted octanol–water partition coefficient (Wildman–Crippen LogP) is 11.4. The Morgan fingerprint density at radius 1 is 0.576 bits per heavy atom. The molecule has 0 radical (unpaired) electrons. The molecule has 1 heterocycles. The molecule has 6 N–H and O–H groups in total. The van der Waals surface area contributed by atoms with Crippen molar-refractivity contribution in [1.82, 2.24) is 39.0 Å². The first kappa shape index (κ1) is 77.0. The SMILES string of the molecule is CCOc1ccc(-n2c(C(CCCN(C)C)CN(CCN(C)C)C(=O)Cc3ccc(Cl)c(Cl)c3)nc3ccccc3c2=O)cc1.CN(C)CCCC(CN(CCN(C)C)C(=O)Cc1ccc(Cl)c(Cl)c1)C(=O)O.COc1ccc(N)cc1.Nc1ccccc1C(=O)O. The molecule has 0 fully saturated rings. The molecule has 0 saturated carbocycles. The molecule has 0 spiro atoms. The molecular weight excluding hydrogens is 1250 g/mol. The van der Waals surface area contributed by atoms with E-state index in [4.69, 9.17) is 77.4 Å². The lowest BCUT2D eigenvalue weighted by molar-refractivity contribution is -0.144. The summed E-state index contributed by atoms with van der Waals surface area (Å²) in [4.78, 5) is 79.9. The second-order valence-corrected chi connectivity index (χ2v) is 24.6. The number of carboxylic acid groups (broad SMARTS) is 2. The van der Waals surface area contributed by atoms with Crippen LogP contribution in [-0.4, -0.2) is 195 Å². The molecule has 0 bridgehead atoms. The van der Waals surface area contributed by atoms with E-state index < -0.39 is 17.9 Å². The number of aliphatic carboxylic acids is 1. The van der Waals surface area contributed by atoms with E-state index in [-0.39, 0.29) is 48.2 Å². The zero-order valence-electron chi connectivity index (χ0n) is 54.5. The van der Waals surface area contributed by atoms with E-state index in [1.54, 1.807) is 77.2 Å². The zero-order valence-corrected chi connectivity index (χ0v) is 57.5. The van der Waals surface area contributed by atoms with E-state index in [0.29, 0.717) is 93.9 Å².